The van der Waals surface area contributed by atoms with Gasteiger partial charge >= 0.3 is 0 Å². The van der Waals surface area contributed by atoms with Crippen LogP contribution in [0.15, 0.2) is 0 Å². The van der Waals surface area contributed by atoms with Gasteiger partial charge in [-0.1, -0.05) is 6.42 Å². The molecule has 2 rings (SSSR count). The Bertz CT molecular complexity index is 93.1. The zero-order valence-corrected chi connectivity index (χ0v) is 5.56. The van der Waals surface area contributed by atoms with Crippen LogP contribution in [0.1, 0.15) is 19.3 Å². The molecule has 2 nitrogen and oxygen atoms in total. The average Bonchev–Trinajstić information content (AvgIpc) is 2.11. The maximum Gasteiger partial charge on any atom is 0.0869 e. The third-order valence-electron chi connectivity index (χ3n) is 2.46. The molecule has 2 N–H and O–H groups in total. The SMILES string of the molecule is [CH]1NCC(C2CCC2)N1. The van der Waals surface area contributed by atoms with Crippen molar-refractivity contribution in [2.75, 3.05) is 6.54 Å². The Morgan fingerprint density at radius 2 is 2.22 bits per heavy atom. The second kappa shape index (κ2) is 2.27. The molecule has 1 aliphatic carbocycles. The maximum absolute atomic E-state index is 3.32. The Labute approximate surface area is 56.0 Å². The molecule has 1 heterocycles. The summed E-state index contributed by atoms with van der Waals surface area (Å²) < 4.78 is 0. The summed E-state index contributed by atoms with van der Waals surface area (Å²) in [6, 6.07) is 0.749. The van der Waals surface area contributed by atoms with Crippen molar-refractivity contribution in [3.05, 3.63) is 6.67 Å². The molecule has 1 saturated carbocycles. The van der Waals surface area contributed by atoms with Crippen LogP contribution in [0.5, 0.6) is 0 Å². The summed E-state index contributed by atoms with van der Waals surface area (Å²) in [6.07, 6.45) is 4.32. The van der Waals surface area contributed by atoms with Gasteiger partial charge in [-0.3, -0.25) is 10.6 Å². The number of rotatable bonds is 1. The minimum absolute atomic E-state index is 0.749. The summed E-state index contributed by atoms with van der Waals surface area (Å²) in [5, 5.41) is 6.51. The van der Waals surface area contributed by atoms with Gasteiger partial charge in [0, 0.05) is 12.6 Å². The summed E-state index contributed by atoms with van der Waals surface area (Å²) in [4.78, 5) is 0. The largest absolute Gasteiger partial charge is 0.298 e. The van der Waals surface area contributed by atoms with E-state index in [2.05, 4.69) is 10.6 Å². The molecule has 0 aromatic heterocycles. The van der Waals surface area contributed by atoms with Crippen LogP contribution in [-0.4, -0.2) is 12.6 Å². The van der Waals surface area contributed by atoms with Gasteiger partial charge in [-0.15, -0.1) is 0 Å². The van der Waals surface area contributed by atoms with Crippen molar-refractivity contribution in [1.82, 2.24) is 10.6 Å². The molecular weight excluding hydrogens is 112 g/mol. The van der Waals surface area contributed by atoms with E-state index in [1.165, 1.54) is 19.3 Å². The van der Waals surface area contributed by atoms with E-state index in [9.17, 15) is 0 Å². The van der Waals surface area contributed by atoms with Crippen LogP contribution >= 0.6 is 0 Å². The molecule has 1 aliphatic heterocycles. The standard InChI is InChI=1S/C7H13N2/c1-2-6(3-1)7-4-8-5-9-7/h5-9H,1-4H2. The fourth-order valence-corrected chi connectivity index (χ4v) is 1.56. The molecule has 2 heteroatoms. The van der Waals surface area contributed by atoms with Crippen molar-refractivity contribution in [3.63, 3.8) is 0 Å². The smallest absolute Gasteiger partial charge is 0.0869 e. The van der Waals surface area contributed by atoms with Crippen molar-refractivity contribution < 1.29 is 0 Å². The first-order valence-electron chi connectivity index (χ1n) is 3.78. The van der Waals surface area contributed by atoms with Crippen molar-refractivity contribution in [2.24, 2.45) is 5.92 Å². The quantitative estimate of drug-likeness (QED) is 0.532. The zero-order valence-electron chi connectivity index (χ0n) is 5.56. The molecule has 1 radical (unpaired) electrons. The van der Waals surface area contributed by atoms with Gasteiger partial charge < -0.3 is 0 Å². The van der Waals surface area contributed by atoms with Gasteiger partial charge in [0.15, 0.2) is 0 Å². The van der Waals surface area contributed by atoms with Gasteiger partial charge in [-0.05, 0) is 18.8 Å². The Hall–Kier alpha value is -0.0800. The monoisotopic (exact) mass is 125 g/mol. The van der Waals surface area contributed by atoms with Crippen LogP contribution in [0.4, 0.5) is 0 Å². The molecule has 2 fully saturated rings. The van der Waals surface area contributed by atoms with E-state index in [0.717, 1.165) is 18.5 Å². The molecule has 0 spiro atoms. The Morgan fingerprint density at radius 1 is 1.33 bits per heavy atom. The van der Waals surface area contributed by atoms with Crippen LogP contribution in [0, 0.1) is 12.6 Å². The van der Waals surface area contributed by atoms with E-state index in [1.54, 1.807) is 0 Å². The molecule has 0 aromatic carbocycles. The van der Waals surface area contributed by atoms with Gasteiger partial charge in [-0.2, -0.15) is 0 Å². The highest BCUT2D eigenvalue weighted by Crippen LogP contribution is 2.30. The zero-order chi connectivity index (χ0) is 6.10. The second-order valence-electron chi connectivity index (χ2n) is 3.02. The van der Waals surface area contributed by atoms with Gasteiger partial charge in [-0.25, -0.2) is 0 Å². The normalized spacial score (nSPS) is 36.7. The molecule has 1 saturated heterocycles. The fraction of sp³-hybridized carbons (Fsp3) is 0.857. The highest BCUT2D eigenvalue weighted by atomic mass is 15.2. The fourth-order valence-electron chi connectivity index (χ4n) is 1.56. The van der Waals surface area contributed by atoms with Crippen LogP contribution in [0.25, 0.3) is 0 Å². The first-order chi connectivity index (χ1) is 4.47. The van der Waals surface area contributed by atoms with Crippen LogP contribution in [-0.2, 0) is 0 Å². The Kier molecular flexibility index (Phi) is 1.44. The maximum atomic E-state index is 3.32. The van der Waals surface area contributed by atoms with Crippen LogP contribution < -0.4 is 10.6 Å². The summed E-state index contributed by atoms with van der Waals surface area (Å²) >= 11 is 0. The van der Waals surface area contributed by atoms with Crippen molar-refractivity contribution in [1.29, 1.82) is 0 Å². The second-order valence-corrected chi connectivity index (χ2v) is 3.02. The van der Waals surface area contributed by atoms with Crippen molar-refractivity contribution in [3.8, 4) is 0 Å². The van der Waals surface area contributed by atoms with Gasteiger partial charge in [0.05, 0.1) is 6.67 Å². The lowest BCUT2D eigenvalue weighted by molar-refractivity contribution is 0.255. The molecule has 0 aromatic rings. The molecule has 9 heavy (non-hydrogen) atoms. The predicted octanol–water partition coefficient (Wildman–Crippen LogP) is 0.467. The predicted molar refractivity (Wildman–Crippen MR) is 36.6 cm³/mol. The third kappa shape index (κ3) is 0.970. The molecular formula is C7H13N2. The first kappa shape index (κ1) is 5.69. The van der Waals surface area contributed by atoms with E-state index < -0.39 is 0 Å². The first-order valence-corrected chi connectivity index (χ1v) is 3.78. The minimum atomic E-state index is 0.749. The molecule has 51 valence electrons. The molecule has 2 aliphatic rings. The lowest BCUT2D eigenvalue weighted by atomic mass is 9.80. The molecule has 0 amide bonds. The molecule has 1 unspecified atom stereocenters. The van der Waals surface area contributed by atoms with Gasteiger partial charge in [0.2, 0.25) is 0 Å². The van der Waals surface area contributed by atoms with Gasteiger partial charge in [0.1, 0.15) is 0 Å². The topological polar surface area (TPSA) is 24.1 Å². The number of hydrogen-bond acceptors (Lipinski definition) is 2. The Balaban J connectivity index is 1.82. The van der Waals surface area contributed by atoms with Crippen molar-refractivity contribution >= 4 is 0 Å². The minimum Gasteiger partial charge on any atom is -0.298 e. The summed E-state index contributed by atoms with van der Waals surface area (Å²) in [5.74, 6) is 0.969. The van der Waals surface area contributed by atoms with Crippen molar-refractivity contribution in [2.45, 2.75) is 25.3 Å². The summed E-state index contributed by atoms with van der Waals surface area (Å²) in [5.41, 5.74) is 0. The molecule has 0 bridgehead atoms. The average molecular weight is 125 g/mol. The van der Waals surface area contributed by atoms with Crippen LogP contribution in [0.2, 0.25) is 0 Å². The number of nitrogens with one attached hydrogen (secondary N) is 2. The van der Waals surface area contributed by atoms with E-state index in [-0.39, 0.29) is 0 Å². The Morgan fingerprint density at radius 3 is 2.67 bits per heavy atom. The van der Waals surface area contributed by atoms with E-state index in [0.29, 0.717) is 0 Å². The van der Waals surface area contributed by atoms with Gasteiger partial charge in [0.25, 0.3) is 0 Å². The highest BCUT2D eigenvalue weighted by molar-refractivity contribution is 4.90. The van der Waals surface area contributed by atoms with E-state index in [1.807, 2.05) is 6.67 Å². The lowest BCUT2D eigenvalue weighted by Crippen LogP contribution is -2.35. The lowest BCUT2D eigenvalue weighted by Gasteiger charge is -2.30. The highest BCUT2D eigenvalue weighted by Gasteiger charge is 2.28. The van der Waals surface area contributed by atoms with E-state index in [4.69, 9.17) is 0 Å². The number of hydrogen-bond donors (Lipinski definition) is 2. The summed E-state index contributed by atoms with van der Waals surface area (Å²) in [7, 11) is 0. The summed E-state index contributed by atoms with van der Waals surface area (Å²) in [6.45, 7) is 3.12. The van der Waals surface area contributed by atoms with Crippen LogP contribution in [0.3, 0.4) is 0 Å². The third-order valence-corrected chi connectivity index (χ3v) is 2.46. The van der Waals surface area contributed by atoms with E-state index >= 15 is 0 Å². The molecule has 1 atom stereocenters.